The Labute approximate surface area is 108 Å². The van der Waals surface area contributed by atoms with Crippen molar-refractivity contribution >= 4 is 11.6 Å². The Morgan fingerprint density at radius 3 is 2.76 bits per heavy atom. The van der Waals surface area contributed by atoms with E-state index in [2.05, 4.69) is 5.32 Å². The molecular weight excluding hydrogens is 234 g/mol. The lowest BCUT2D eigenvalue weighted by atomic mass is 9.99. The molecule has 0 saturated carbocycles. The topological polar surface area (TPSA) is 32.3 Å². The Morgan fingerprint density at radius 1 is 1.24 bits per heavy atom. The van der Waals surface area contributed by atoms with Gasteiger partial charge in [0.15, 0.2) is 0 Å². The fraction of sp³-hybridized carbons (Fsp3) is 0.571. The van der Waals surface area contributed by atoms with Gasteiger partial charge < -0.3 is 10.4 Å². The third kappa shape index (κ3) is 3.98. The van der Waals surface area contributed by atoms with E-state index >= 15 is 0 Å². The molecule has 2 unspecified atom stereocenters. The SMILES string of the molecule is OC(CC1CCCCCN1)c1ccc(Cl)cc1. The van der Waals surface area contributed by atoms with Gasteiger partial charge in [0.25, 0.3) is 0 Å². The van der Waals surface area contributed by atoms with Gasteiger partial charge in [-0.1, -0.05) is 36.6 Å². The van der Waals surface area contributed by atoms with Crippen molar-refractivity contribution < 1.29 is 5.11 Å². The highest BCUT2D eigenvalue weighted by Crippen LogP contribution is 2.23. The van der Waals surface area contributed by atoms with Crippen LogP contribution in [0.2, 0.25) is 5.02 Å². The Hall–Kier alpha value is -0.570. The first kappa shape index (κ1) is 12.9. The van der Waals surface area contributed by atoms with Crippen LogP contribution in [-0.2, 0) is 0 Å². The number of benzene rings is 1. The molecule has 1 fully saturated rings. The maximum absolute atomic E-state index is 10.2. The Bertz CT molecular complexity index is 331. The fourth-order valence-electron chi connectivity index (χ4n) is 2.39. The second kappa shape index (κ2) is 6.39. The van der Waals surface area contributed by atoms with Crippen LogP contribution in [0.15, 0.2) is 24.3 Å². The summed E-state index contributed by atoms with van der Waals surface area (Å²) in [5.41, 5.74) is 0.959. The van der Waals surface area contributed by atoms with Gasteiger partial charge in [-0.05, 0) is 43.5 Å². The van der Waals surface area contributed by atoms with E-state index in [0.29, 0.717) is 11.1 Å². The third-order valence-electron chi connectivity index (χ3n) is 3.42. The molecule has 0 aromatic heterocycles. The predicted molar refractivity (Wildman–Crippen MR) is 71.3 cm³/mol. The van der Waals surface area contributed by atoms with Gasteiger partial charge in [0.05, 0.1) is 6.10 Å². The van der Waals surface area contributed by atoms with Crippen molar-refractivity contribution in [3.05, 3.63) is 34.9 Å². The summed E-state index contributed by atoms with van der Waals surface area (Å²) in [6.07, 6.45) is 5.41. The first-order valence-electron chi connectivity index (χ1n) is 6.42. The van der Waals surface area contributed by atoms with E-state index in [0.717, 1.165) is 18.5 Å². The van der Waals surface area contributed by atoms with E-state index in [1.807, 2.05) is 24.3 Å². The molecule has 0 amide bonds. The zero-order valence-electron chi connectivity index (χ0n) is 10.0. The molecule has 1 heterocycles. The molecule has 0 spiro atoms. The number of rotatable bonds is 3. The van der Waals surface area contributed by atoms with E-state index in [9.17, 15) is 5.11 Å². The average molecular weight is 254 g/mol. The van der Waals surface area contributed by atoms with Gasteiger partial charge in [0, 0.05) is 11.1 Å². The smallest absolute Gasteiger partial charge is 0.0804 e. The van der Waals surface area contributed by atoms with Crippen molar-refractivity contribution in [1.29, 1.82) is 0 Å². The van der Waals surface area contributed by atoms with Crippen LogP contribution in [0.5, 0.6) is 0 Å². The third-order valence-corrected chi connectivity index (χ3v) is 3.68. The van der Waals surface area contributed by atoms with Gasteiger partial charge >= 0.3 is 0 Å². The van der Waals surface area contributed by atoms with Crippen LogP contribution in [0.25, 0.3) is 0 Å². The first-order valence-corrected chi connectivity index (χ1v) is 6.80. The molecule has 2 rings (SSSR count). The second-order valence-electron chi connectivity index (χ2n) is 4.80. The number of hydrogen-bond acceptors (Lipinski definition) is 2. The summed E-state index contributed by atoms with van der Waals surface area (Å²) >= 11 is 5.84. The highest BCUT2D eigenvalue weighted by atomic mass is 35.5. The Balaban J connectivity index is 1.91. The highest BCUT2D eigenvalue weighted by molar-refractivity contribution is 6.30. The first-order chi connectivity index (χ1) is 8.25. The molecule has 1 aliphatic rings. The molecule has 17 heavy (non-hydrogen) atoms. The summed E-state index contributed by atoms with van der Waals surface area (Å²) in [5.74, 6) is 0. The van der Waals surface area contributed by atoms with Crippen LogP contribution in [0.1, 0.15) is 43.8 Å². The number of halogens is 1. The van der Waals surface area contributed by atoms with Gasteiger partial charge in [-0.3, -0.25) is 0 Å². The van der Waals surface area contributed by atoms with Gasteiger partial charge in [-0.2, -0.15) is 0 Å². The minimum Gasteiger partial charge on any atom is -0.388 e. The summed E-state index contributed by atoms with van der Waals surface area (Å²) in [7, 11) is 0. The molecule has 3 heteroatoms. The van der Waals surface area contributed by atoms with E-state index < -0.39 is 0 Å². The van der Waals surface area contributed by atoms with Crippen molar-refractivity contribution in [2.45, 2.75) is 44.2 Å². The van der Waals surface area contributed by atoms with Crippen molar-refractivity contribution in [1.82, 2.24) is 5.32 Å². The van der Waals surface area contributed by atoms with Crippen LogP contribution in [0, 0.1) is 0 Å². The molecular formula is C14H20ClNO. The fourth-order valence-corrected chi connectivity index (χ4v) is 2.52. The average Bonchev–Trinajstić information content (AvgIpc) is 2.58. The van der Waals surface area contributed by atoms with Crippen molar-refractivity contribution in [3.63, 3.8) is 0 Å². The monoisotopic (exact) mass is 253 g/mol. The quantitative estimate of drug-likeness (QED) is 0.866. The molecule has 2 N–H and O–H groups in total. The minimum atomic E-state index is -0.386. The number of nitrogens with one attached hydrogen (secondary N) is 1. The molecule has 0 aliphatic carbocycles. The normalized spacial score (nSPS) is 23.1. The number of aliphatic hydroxyl groups excluding tert-OH is 1. The second-order valence-corrected chi connectivity index (χ2v) is 5.24. The molecule has 2 atom stereocenters. The maximum Gasteiger partial charge on any atom is 0.0804 e. The molecule has 94 valence electrons. The van der Waals surface area contributed by atoms with E-state index in [1.165, 1.54) is 25.7 Å². The molecule has 0 radical (unpaired) electrons. The highest BCUT2D eigenvalue weighted by Gasteiger charge is 2.17. The molecule has 1 aliphatic heterocycles. The number of hydrogen-bond donors (Lipinski definition) is 2. The van der Waals surface area contributed by atoms with Crippen molar-refractivity contribution in [2.24, 2.45) is 0 Å². The van der Waals surface area contributed by atoms with Crippen LogP contribution in [0.4, 0.5) is 0 Å². The Morgan fingerprint density at radius 2 is 2.00 bits per heavy atom. The van der Waals surface area contributed by atoms with E-state index in [-0.39, 0.29) is 6.10 Å². The van der Waals surface area contributed by atoms with Gasteiger partial charge in [0.1, 0.15) is 0 Å². The zero-order chi connectivity index (χ0) is 12.1. The summed E-state index contributed by atoms with van der Waals surface area (Å²) in [6.45, 7) is 1.08. The predicted octanol–water partition coefficient (Wildman–Crippen LogP) is 3.30. The molecule has 0 bridgehead atoms. The Kier molecular flexibility index (Phi) is 4.84. The van der Waals surface area contributed by atoms with Gasteiger partial charge in [-0.15, -0.1) is 0 Å². The summed E-state index contributed by atoms with van der Waals surface area (Å²) in [6, 6.07) is 7.93. The van der Waals surface area contributed by atoms with Crippen molar-refractivity contribution in [3.8, 4) is 0 Å². The zero-order valence-corrected chi connectivity index (χ0v) is 10.8. The largest absolute Gasteiger partial charge is 0.388 e. The maximum atomic E-state index is 10.2. The lowest BCUT2D eigenvalue weighted by Gasteiger charge is -2.20. The van der Waals surface area contributed by atoms with Crippen molar-refractivity contribution in [2.75, 3.05) is 6.54 Å². The van der Waals surface area contributed by atoms with Gasteiger partial charge in [-0.25, -0.2) is 0 Å². The molecule has 1 aromatic carbocycles. The summed E-state index contributed by atoms with van der Waals surface area (Å²) in [5, 5.41) is 14.4. The van der Waals surface area contributed by atoms with E-state index in [1.54, 1.807) is 0 Å². The lowest BCUT2D eigenvalue weighted by molar-refractivity contribution is 0.150. The summed E-state index contributed by atoms with van der Waals surface area (Å²) in [4.78, 5) is 0. The summed E-state index contributed by atoms with van der Waals surface area (Å²) < 4.78 is 0. The van der Waals surface area contributed by atoms with Crippen LogP contribution < -0.4 is 5.32 Å². The van der Waals surface area contributed by atoms with E-state index in [4.69, 9.17) is 11.6 Å². The molecule has 1 saturated heterocycles. The van der Waals surface area contributed by atoms with Gasteiger partial charge in [0.2, 0.25) is 0 Å². The lowest BCUT2D eigenvalue weighted by Crippen LogP contribution is -2.29. The molecule has 2 nitrogen and oxygen atoms in total. The minimum absolute atomic E-state index is 0.386. The molecule has 1 aromatic rings. The van der Waals surface area contributed by atoms with Crippen LogP contribution in [0.3, 0.4) is 0 Å². The number of aliphatic hydroxyl groups is 1. The van der Waals surface area contributed by atoms with Crippen LogP contribution in [-0.4, -0.2) is 17.7 Å². The van der Waals surface area contributed by atoms with Crippen LogP contribution >= 0.6 is 11.6 Å². The standard InChI is InChI=1S/C14H20ClNO/c15-12-7-5-11(6-8-12)14(17)10-13-4-2-1-3-9-16-13/h5-8,13-14,16-17H,1-4,9-10H2.